The molecule has 6 nitrogen and oxygen atoms in total. The molecule has 0 heterocycles. The van der Waals surface area contributed by atoms with E-state index in [0.717, 1.165) is 0 Å². The Morgan fingerprint density at radius 2 is 1.82 bits per heavy atom. The predicted octanol–water partition coefficient (Wildman–Crippen LogP) is 1.81. The first-order valence-corrected chi connectivity index (χ1v) is 5.74. The summed E-state index contributed by atoms with van der Waals surface area (Å²) in [5.41, 5.74) is 0.341. The van der Waals surface area contributed by atoms with Gasteiger partial charge in [-0.15, -0.1) is 0 Å². The van der Waals surface area contributed by atoms with Crippen molar-refractivity contribution in [3.8, 4) is 5.75 Å². The number of hydrogen-bond donors (Lipinski definition) is 2. The third-order valence-corrected chi connectivity index (χ3v) is 2.90. The lowest BCUT2D eigenvalue weighted by molar-refractivity contribution is -0.295. The minimum Gasteiger partial charge on any atom is -0.507 e. The normalized spacial score (nSPS) is 12.2. The molecule has 0 spiro atoms. The minimum absolute atomic E-state index is 0.0676. The number of hydrogen-bond acceptors (Lipinski definition) is 4. The Hall–Kier alpha value is -2.15. The third kappa shape index (κ3) is 2.18. The Labute approximate surface area is 98.8 Å². The van der Waals surface area contributed by atoms with Gasteiger partial charge in [-0.05, 0) is 12.1 Å². The summed E-state index contributed by atoms with van der Waals surface area (Å²) in [4.78, 5) is 10.3. The Kier molecular flexibility index (Phi) is 2.92. The number of anilines is 1. The zero-order chi connectivity index (χ0) is 12.4. The number of nitro groups is 1. The Morgan fingerprint density at radius 3 is 2.53 bits per heavy atom. The third-order valence-electron chi connectivity index (χ3n) is 2.23. The highest BCUT2D eigenvalue weighted by Gasteiger charge is 2.13. The molecule has 0 saturated heterocycles. The summed E-state index contributed by atoms with van der Waals surface area (Å²) in [5.74, 6) is 0.0676. The lowest BCUT2D eigenvalue weighted by Gasteiger charge is -2.06. The SMILES string of the molecule is O=[N+]([O-])S(=O)Nc1cccc2c(O)cccc12. The van der Waals surface area contributed by atoms with Gasteiger partial charge in [-0.25, -0.2) is 14.8 Å². The average molecular weight is 252 g/mol. The molecular formula is C10H8N2O4S. The second kappa shape index (κ2) is 4.38. The fraction of sp³-hybridized carbons (Fsp3) is 0. The summed E-state index contributed by atoms with van der Waals surface area (Å²) in [5, 5.41) is 21.0. The van der Waals surface area contributed by atoms with Crippen molar-refractivity contribution in [2.45, 2.75) is 0 Å². The highest BCUT2D eigenvalue weighted by atomic mass is 32.2. The molecule has 2 N–H and O–H groups in total. The first-order valence-electron chi connectivity index (χ1n) is 4.63. The number of fused-ring (bicyclic) bond motifs is 1. The number of phenols is 1. The van der Waals surface area contributed by atoms with Crippen LogP contribution in [0.2, 0.25) is 0 Å². The molecule has 0 aromatic heterocycles. The molecule has 0 saturated carbocycles. The molecule has 2 aromatic carbocycles. The number of nitrogens with zero attached hydrogens (tertiary/aromatic N) is 1. The second-order valence-electron chi connectivity index (χ2n) is 3.25. The van der Waals surface area contributed by atoms with Gasteiger partial charge in [0.15, 0.2) is 4.33 Å². The van der Waals surface area contributed by atoms with Crippen LogP contribution in [0.4, 0.5) is 5.69 Å². The standard InChI is InChI=1S/C10H8N2O4S/c13-10-6-2-3-7-8(10)4-1-5-9(7)11-17(16)12(14)15/h1-6,11,13H. The molecule has 0 amide bonds. The molecule has 0 radical (unpaired) electrons. The summed E-state index contributed by atoms with van der Waals surface area (Å²) in [7, 11) is 0. The highest BCUT2D eigenvalue weighted by Crippen LogP contribution is 2.29. The monoisotopic (exact) mass is 252 g/mol. The molecule has 88 valence electrons. The van der Waals surface area contributed by atoms with E-state index in [1.165, 1.54) is 6.07 Å². The molecular weight excluding hydrogens is 244 g/mol. The van der Waals surface area contributed by atoms with Crippen LogP contribution in [0.3, 0.4) is 0 Å². The van der Waals surface area contributed by atoms with Gasteiger partial charge in [0, 0.05) is 10.8 Å². The van der Waals surface area contributed by atoms with E-state index in [1.54, 1.807) is 30.3 Å². The molecule has 0 fully saturated rings. The maximum absolute atomic E-state index is 11.1. The lowest BCUT2D eigenvalue weighted by atomic mass is 10.1. The molecule has 1 atom stereocenters. The quantitative estimate of drug-likeness (QED) is 0.643. The molecule has 2 aromatic rings. The smallest absolute Gasteiger partial charge is 0.453 e. The number of aromatic hydroxyl groups is 1. The summed E-state index contributed by atoms with van der Waals surface area (Å²) in [6.07, 6.45) is 0. The molecule has 7 heteroatoms. The van der Waals surface area contributed by atoms with Crippen LogP contribution in [0.5, 0.6) is 5.75 Å². The van der Waals surface area contributed by atoms with Crippen molar-refractivity contribution in [1.82, 2.24) is 0 Å². The molecule has 17 heavy (non-hydrogen) atoms. The Balaban J connectivity index is 2.52. The summed E-state index contributed by atoms with van der Waals surface area (Å²) < 4.78 is 12.4. The van der Waals surface area contributed by atoms with E-state index in [1.807, 2.05) is 0 Å². The van der Waals surface area contributed by atoms with E-state index in [4.69, 9.17) is 0 Å². The van der Waals surface area contributed by atoms with Crippen LogP contribution < -0.4 is 4.72 Å². The zero-order valence-corrected chi connectivity index (χ0v) is 9.31. The fourth-order valence-electron chi connectivity index (χ4n) is 1.51. The largest absolute Gasteiger partial charge is 0.507 e. The van der Waals surface area contributed by atoms with Gasteiger partial charge in [0.1, 0.15) is 5.75 Å². The van der Waals surface area contributed by atoms with Gasteiger partial charge in [-0.2, -0.15) is 4.21 Å². The van der Waals surface area contributed by atoms with Crippen molar-refractivity contribution < 1.29 is 13.6 Å². The zero-order valence-electron chi connectivity index (χ0n) is 8.49. The van der Waals surface area contributed by atoms with E-state index < -0.39 is 15.5 Å². The van der Waals surface area contributed by atoms with Crippen LogP contribution in [-0.4, -0.2) is 13.6 Å². The highest BCUT2D eigenvalue weighted by molar-refractivity contribution is 7.80. The molecule has 0 aliphatic heterocycles. The molecule has 0 bridgehead atoms. The van der Waals surface area contributed by atoms with Crippen molar-refractivity contribution in [2.75, 3.05) is 4.72 Å². The summed E-state index contributed by atoms with van der Waals surface area (Å²) in [6.45, 7) is 0. The van der Waals surface area contributed by atoms with Crippen LogP contribution >= 0.6 is 0 Å². The van der Waals surface area contributed by atoms with Crippen LogP contribution in [0.1, 0.15) is 0 Å². The molecule has 2 rings (SSSR count). The predicted molar refractivity (Wildman–Crippen MR) is 64.4 cm³/mol. The van der Waals surface area contributed by atoms with Gasteiger partial charge >= 0.3 is 11.2 Å². The Morgan fingerprint density at radius 1 is 1.18 bits per heavy atom. The van der Waals surface area contributed by atoms with Crippen LogP contribution in [0, 0.1) is 10.1 Å². The van der Waals surface area contributed by atoms with Gasteiger partial charge in [0.05, 0.1) is 5.69 Å². The van der Waals surface area contributed by atoms with E-state index in [0.29, 0.717) is 16.5 Å². The van der Waals surface area contributed by atoms with Crippen LogP contribution in [0.15, 0.2) is 36.4 Å². The van der Waals surface area contributed by atoms with Crippen LogP contribution in [0.25, 0.3) is 10.8 Å². The molecule has 1 unspecified atom stereocenters. The van der Waals surface area contributed by atoms with Gasteiger partial charge < -0.3 is 5.11 Å². The van der Waals surface area contributed by atoms with Gasteiger partial charge in [0.2, 0.25) is 0 Å². The van der Waals surface area contributed by atoms with Crippen molar-refractivity contribution >= 4 is 27.6 Å². The summed E-state index contributed by atoms with van der Waals surface area (Å²) >= 11 is -2.39. The topological polar surface area (TPSA) is 92.5 Å². The minimum atomic E-state index is -2.39. The maximum Gasteiger partial charge on any atom is 0.453 e. The van der Waals surface area contributed by atoms with E-state index >= 15 is 0 Å². The van der Waals surface area contributed by atoms with E-state index in [-0.39, 0.29) is 5.75 Å². The van der Waals surface area contributed by atoms with Gasteiger partial charge in [-0.1, -0.05) is 24.3 Å². The van der Waals surface area contributed by atoms with Crippen molar-refractivity contribution in [3.63, 3.8) is 0 Å². The number of rotatable bonds is 3. The first-order chi connectivity index (χ1) is 8.09. The molecule has 0 aliphatic rings. The van der Waals surface area contributed by atoms with Crippen molar-refractivity contribution in [2.24, 2.45) is 0 Å². The molecule has 0 aliphatic carbocycles. The first kappa shape index (κ1) is 11.3. The van der Waals surface area contributed by atoms with E-state index in [9.17, 15) is 19.4 Å². The average Bonchev–Trinajstić information content (AvgIpc) is 2.30. The fourth-order valence-corrected chi connectivity index (χ4v) is 1.95. The van der Waals surface area contributed by atoms with Crippen molar-refractivity contribution in [1.29, 1.82) is 0 Å². The van der Waals surface area contributed by atoms with Crippen LogP contribution in [-0.2, 0) is 11.2 Å². The van der Waals surface area contributed by atoms with Crippen molar-refractivity contribution in [3.05, 3.63) is 46.5 Å². The second-order valence-corrected chi connectivity index (χ2v) is 4.25. The number of benzene rings is 2. The van der Waals surface area contributed by atoms with Gasteiger partial charge in [0.25, 0.3) is 0 Å². The van der Waals surface area contributed by atoms with Gasteiger partial charge in [-0.3, -0.25) is 0 Å². The Bertz CT molecular complexity index is 614. The maximum atomic E-state index is 11.1. The summed E-state index contributed by atoms with van der Waals surface area (Å²) in [6, 6.07) is 9.64. The number of phenolic OH excluding ortho intramolecular Hbond substituents is 1. The number of nitrogens with one attached hydrogen (secondary N) is 1. The lowest BCUT2D eigenvalue weighted by Crippen LogP contribution is -2.13. The van der Waals surface area contributed by atoms with E-state index in [2.05, 4.69) is 4.72 Å².